The first-order valence-electron chi connectivity index (χ1n) is 8.26. The van der Waals surface area contributed by atoms with Gasteiger partial charge >= 0.3 is 13.1 Å². The van der Waals surface area contributed by atoms with E-state index in [1.54, 1.807) is 18.2 Å². The molecule has 136 valence electrons. The van der Waals surface area contributed by atoms with E-state index in [1.807, 2.05) is 40.8 Å². The van der Waals surface area contributed by atoms with Crippen LogP contribution in [0.5, 0.6) is 0 Å². The summed E-state index contributed by atoms with van der Waals surface area (Å²) >= 11 is 6.11. The zero-order valence-corrected chi connectivity index (χ0v) is 16.1. The summed E-state index contributed by atoms with van der Waals surface area (Å²) in [5.74, 6) is -0.886. The van der Waals surface area contributed by atoms with Crippen molar-refractivity contribution in [3.63, 3.8) is 0 Å². The lowest BCUT2D eigenvalue weighted by molar-refractivity contribution is -0.136. The summed E-state index contributed by atoms with van der Waals surface area (Å²) in [6.45, 7) is 8.55. The maximum Gasteiger partial charge on any atom is 0.491 e. The van der Waals surface area contributed by atoms with E-state index >= 15 is 0 Å². The second-order valence-electron chi connectivity index (χ2n) is 7.25. The molecule has 0 atom stereocenters. The van der Waals surface area contributed by atoms with Gasteiger partial charge in [-0.15, -0.1) is 0 Å². The molecule has 1 aromatic carbocycles. The lowest BCUT2D eigenvalue weighted by Crippen LogP contribution is -2.41. The van der Waals surface area contributed by atoms with E-state index in [-0.39, 0.29) is 6.42 Å². The average Bonchev–Trinajstić information content (AvgIpc) is 2.69. The Morgan fingerprint density at radius 1 is 1.28 bits per heavy atom. The van der Waals surface area contributed by atoms with Crippen LogP contribution in [0.4, 0.5) is 0 Å². The van der Waals surface area contributed by atoms with Gasteiger partial charge in [0.05, 0.1) is 17.6 Å². The summed E-state index contributed by atoms with van der Waals surface area (Å²) in [6.07, 6.45) is 1.84. The number of halogens is 1. The number of carboxylic acid groups (broad SMARTS) is 1. The maximum atomic E-state index is 11.1. The first kappa shape index (κ1) is 20.0. The normalized spacial score (nSPS) is 19.3. The molecule has 0 amide bonds. The summed E-state index contributed by atoms with van der Waals surface area (Å²) in [5.41, 5.74) is 1.46. The number of aliphatic carboxylic acids is 1. The van der Waals surface area contributed by atoms with Crippen molar-refractivity contribution in [2.75, 3.05) is 13.6 Å². The number of carbonyl (C=O) groups is 1. The molecule has 1 aromatic rings. The van der Waals surface area contributed by atoms with E-state index in [0.717, 1.165) is 11.0 Å². The molecule has 1 aliphatic rings. The van der Waals surface area contributed by atoms with E-state index in [2.05, 4.69) is 5.32 Å². The van der Waals surface area contributed by atoms with Gasteiger partial charge in [-0.05, 0) is 63.5 Å². The van der Waals surface area contributed by atoms with Crippen LogP contribution >= 0.6 is 11.6 Å². The van der Waals surface area contributed by atoms with Gasteiger partial charge in [-0.2, -0.15) is 0 Å². The molecule has 0 unspecified atom stereocenters. The van der Waals surface area contributed by atoms with Crippen LogP contribution in [0.1, 0.15) is 38.8 Å². The van der Waals surface area contributed by atoms with Crippen molar-refractivity contribution in [1.29, 1.82) is 0 Å². The molecule has 1 saturated heterocycles. The number of rotatable bonds is 6. The summed E-state index contributed by atoms with van der Waals surface area (Å²) in [6, 6.07) is 5.20. The summed E-state index contributed by atoms with van der Waals surface area (Å²) in [5, 5.41) is 12.8. The van der Waals surface area contributed by atoms with Gasteiger partial charge in [-0.25, -0.2) is 0 Å². The van der Waals surface area contributed by atoms with Crippen LogP contribution in [-0.2, 0) is 20.5 Å². The Hall–Kier alpha value is -1.34. The van der Waals surface area contributed by atoms with Crippen LogP contribution in [0, 0.1) is 0 Å². The Balaban J connectivity index is 2.41. The SMILES string of the molecule is CNCC(=Cc1cc(Cl)ccc1CC(=O)O)B1OC(C)(C)C(C)(C)O1. The monoisotopic (exact) mass is 365 g/mol. The molecule has 7 heteroatoms. The fourth-order valence-electron chi connectivity index (χ4n) is 2.62. The first-order chi connectivity index (χ1) is 11.6. The molecular formula is C18H25BClNO4. The van der Waals surface area contributed by atoms with Gasteiger partial charge in [-0.1, -0.05) is 23.7 Å². The van der Waals surface area contributed by atoms with Gasteiger partial charge in [0, 0.05) is 11.6 Å². The molecule has 0 aromatic heterocycles. The summed E-state index contributed by atoms with van der Waals surface area (Å²) in [7, 11) is 1.34. The minimum absolute atomic E-state index is 0.0702. The molecule has 1 heterocycles. The Morgan fingerprint density at radius 3 is 2.40 bits per heavy atom. The van der Waals surface area contributed by atoms with Crippen molar-refractivity contribution in [3.8, 4) is 0 Å². The third-order valence-electron chi connectivity index (χ3n) is 4.73. The van der Waals surface area contributed by atoms with Crippen LogP contribution in [-0.4, -0.2) is 43.0 Å². The smallest absolute Gasteiger partial charge is 0.481 e. The molecule has 0 bridgehead atoms. The van der Waals surface area contributed by atoms with E-state index in [1.165, 1.54) is 0 Å². The molecule has 25 heavy (non-hydrogen) atoms. The molecule has 0 saturated carbocycles. The zero-order valence-electron chi connectivity index (χ0n) is 15.4. The minimum atomic E-state index is -0.886. The van der Waals surface area contributed by atoms with Gasteiger partial charge < -0.3 is 19.7 Å². The third kappa shape index (κ3) is 4.64. The zero-order chi connectivity index (χ0) is 18.8. The van der Waals surface area contributed by atoms with Crippen molar-refractivity contribution < 1.29 is 19.2 Å². The largest absolute Gasteiger partial charge is 0.491 e. The Kier molecular flexibility index (Phi) is 5.99. The van der Waals surface area contributed by atoms with Crippen LogP contribution in [0.15, 0.2) is 23.7 Å². The average molecular weight is 366 g/mol. The first-order valence-corrected chi connectivity index (χ1v) is 8.64. The van der Waals surface area contributed by atoms with Crippen molar-refractivity contribution in [2.24, 2.45) is 0 Å². The van der Waals surface area contributed by atoms with Gasteiger partial charge in [0.15, 0.2) is 0 Å². The van der Waals surface area contributed by atoms with Crippen molar-refractivity contribution in [2.45, 2.75) is 45.3 Å². The molecule has 2 rings (SSSR count). The van der Waals surface area contributed by atoms with Crippen LogP contribution in [0.3, 0.4) is 0 Å². The molecule has 0 aliphatic carbocycles. The molecule has 2 N–H and O–H groups in total. The second-order valence-corrected chi connectivity index (χ2v) is 7.69. The van der Waals surface area contributed by atoms with Crippen LogP contribution in [0.2, 0.25) is 5.02 Å². The van der Waals surface area contributed by atoms with Crippen molar-refractivity contribution >= 4 is 30.8 Å². The Morgan fingerprint density at radius 2 is 1.88 bits per heavy atom. The number of carboxylic acids is 1. The van der Waals surface area contributed by atoms with E-state index in [4.69, 9.17) is 26.0 Å². The third-order valence-corrected chi connectivity index (χ3v) is 4.96. The topological polar surface area (TPSA) is 67.8 Å². The van der Waals surface area contributed by atoms with Crippen molar-refractivity contribution in [3.05, 3.63) is 39.8 Å². The quantitative estimate of drug-likeness (QED) is 0.758. The van der Waals surface area contributed by atoms with E-state index in [0.29, 0.717) is 17.1 Å². The Bertz CT molecular complexity index is 672. The van der Waals surface area contributed by atoms with Gasteiger partial charge in [0.25, 0.3) is 0 Å². The number of nitrogens with one attached hydrogen (secondary N) is 1. The lowest BCUT2D eigenvalue weighted by atomic mass is 9.76. The standard InChI is InChI=1S/C18H25BClNO4/c1-17(2)18(3,4)25-19(24-17)14(11-21-5)8-13-9-15(20)7-6-12(13)10-16(22)23/h6-9,21H,10-11H2,1-5H3,(H,22,23). The minimum Gasteiger partial charge on any atom is -0.481 e. The van der Waals surface area contributed by atoms with Gasteiger partial charge in [0.1, 0.15) is 0 Å². The highest BCUT2D eigenvalue weighted by molar-refractivity contribution is 6.56. The summed E-state index contributed by atoms with van der Waals surface area (Å²) in [4.78, 5) is 11.1. The van der Waals surface area contributed by atoms with Crippen LogP contribution < -0.4 is 5.32 Å². The molecular weight excluding hydrogens is 340 g/mol. The van der Waals surface area contributed by atoms with Gasteiger partial charge in [0.2, 0.25) is 0 Å². The predicted molar refractivity (Wildman–Crippen MR) is 101 cm³/mol. The molecule has 1 fully saturated rings. The maximum absolute atomic E-state index is 11.1. The lowest BCUT2D eigenvalue weighted by Gasteiger charge is -2.32. The number of likely N-dealkylation sites (N-methyl/N-ethyl adjacent to an activating group) is 1. The molecule has 5 nitrogen and oxygen atoms in total. The fraction of sp³-hybridized carbons (Fsp3) is 0.500. The molecule has 0 radical (unpaired) electrons. The predicted octanol–water partition coefficient (Wildman–Crippen LogP) is 3.20. The molecule has 1 aliphatic heterocycles. The Labute approximate surface area is 154 Å². The van der Waals surface area contributed by atoms with Gasteiger partial charge in [-0.3, -0.25) is 4.79 Å². The highest BCUT2D eigenvalue weighted by atomic mass is 35.5. The second kappa shape index (κ2) is 7.50. The highest BCUT2D eigenvalue weighted by Crippen LogP contribution is 2.38. The summed E-state index contributed by atoms with van der Waals surface area (Å²) < 4.78 is 12.2. The number of hydrogen-bond donors (Lipinski definition) is 2. The number of benzene rings is 1. The van der Waals surface area contributed by atoms with E-state index in [9.17, 15) is 4.79 Å². The highest BCUT2D eigenvalue weighted by Gasteiger charge is 2.52. The van der Waals surface area contributed by atoms with E-state index < -0.39 is 24.3 Å². The van der Waals surface area contributed by atoms with Crippen LogP contribution in [0.25, 0.3) is 6.08 Å². The van der Waals surface area contributed by atoms with Crippen molar-refractivity contribution in [1.82, 2.24) is 5.32 Å². The fourth-order valence-corrected chi connectivity index (χ4v) is 2.81. The molecule has 0 spiro atoms. The number of hydrogen-bond acceptors (Lipinski definition) is 4.